The van der Waals surface area contributed by atoms with E-state index in [1.54, 1.807) is 6.07 Å². The van der Waals surface area contributed by atoms with Gasteiger partial charge >= 0.3 is 5.97 Å². The summed E-state index contributed by atoms with van der Waals surface area (Å²) in [6, 6.07) is 4.63. The maximum atomic E-state index is 12.1. The molecule has 1 aromatic carbocycles. The maximum Gasteiger partial charge on any atom is 0.342 e. The van der Waals surface area contributed by atoms with Crippen molar-refractivity contribution in [1.82, 2.24) is 5.32 Å². The molecule has 1 aromatic rings. The van der Waals surface area contributed by atoms with Gasteiger partial charge < -0.3 is 19.9 Å². The minimum atomic E-state index is -0.751. The minimum absolute atomic E-state index is 0.0201. The van der Waals surface area contributed by atoms with E-state index in [0.29, 0.717) is 5.92 Å². The first-order chi connectivity index (χ1) is 12.0. The number of carbonyl (C=O) groups is 2. The summed E-state index contributed by atoms with van der Waals surface area (Å²) in [4.78, 5) is 24.2. The Hall–Kier alpha value is -2.24. The smallest absolute Gasteiger partial charge is 0.342 e. The Balaban J connectivity index is 1.49. The van der Waals surface area contributed by atoms with Crippen LogP contribution in [-0.2, 0) is 9.53 Å². The average Bonchev–Trinajstić information content (AvgIpc) is 3.23. The van der Waals surface area contributed by atoms with E-state index < -0.39 is 5.97 Å². The summed E-state index contributed by atoms with van der Waals surface area (Å²) in [6.07, 6.45) is 5.06. The zero-order valence-corrected chi connectivity index (χ0v) is 14.7. The van der Waals surface area contributed by atoms with Gasteiger partial charge in [-0.1, -0.05) is 12.5 Å². The molecule has 3 rings (SSSR count). The fraction of sp³-hybridized carbons (Fsp3) is 0.579. The van der Waals surface area contributed by atoms with Crippen LogP contribution in [0.2, 0.25) is 0 Å². The number of benzene rings is 1. The van der Waals surface area contributed by atoms with E-state index >= 15 is 0 Å². The van der Waals surface area contributed by atoms with Crippen LogP contribution in [0.5, 0.6) is 11.5 Å². The Bertz CT molecular complexity index is 659. The van der Waals surface area contributed by atoms with Gasteiger partial charge in [0.1, 0.15) is 5.56 Å². The van der Waals surface area contributed by atoms with Crippen molar-refractivity contribution in [2.45, 2.75) is 38.6 Å². The monoisotopic (exact) mass is 347 g/mol. The van der Waals surface area contributed by atoms with E-state index in [0.717, 1.165) is 11.8 Å². The van der Waals surface area contributed by atoms with E-state index in [1.165, 1.54) is 44.9 Å². The molecule has 4 unspecified atom stereocenters. The number of para-hydroxylation sites is 1. The molecule has 0 spiro atoms. The first kappa shape index (κ1) is 17.6. The molecule has 4 atom stereocenters. The highest BCUT2D eigenvalue weighted by Gasteiger charge is 2.42. The number of esters is 1. The molecule has 2 fully saturated rings. The van der Waals surface area contributed by atoms with Crippen LogP contribution in [-0.4, -0.2) is 36.7 Å². The van der Waals surface area contributed by atoms with Crippen molar-refractivity contribution in [1.29, 1.82) is 0 Å². The first-order valence-corrected chi connectivity index (χ1v) is 8.82. The highest BCUT2D eigenvalue weighted by Crippen LogP contribution is 2.49. The summed E-state index contributed by atoms with van der Waals surface area (Å²) in [5.74, 6) is 0.903. The van der Waals surface area contributed by atoms with Gasteiger partial charge in [-0.05, 0) is 56.1 Å². The summed E-state index contributed by atoms with van der Waals surface area (Å²) in [5.41, 5.74) is -0.0201. The zero-order chi connectivity index (χ0) is 18.0. The van der Waals surface area contributed by atoms with Crippen LogP contribution in [0.4, 0.5) is 0 Å². The van der Waals surface area contributed by atoms with Crippen molar-refractivity contribution in [3.8, 4) is 11.5 Å². The highest BCUT2D eigenvalue weighted by molar-refractivity contribution is 5.94. The lowest BCUT2D eigenvalue weighted by Crippen LogP contribution is -2.42. The van der Waals surface area contributed by atoms with Gasteiger partial charge in [-0.15, -0.1) is 0 Å². The third-order valence-corrected chi connectivity index (χ3v) is 5.60. The van der Waals surface area contributed by atoms with E-state index in [-0.39, 0.29) is 35.6 Å². The Morgan fingerprint density at radius 2 is 2.12 bits per heavy atom. The van der Waals surface area contributed by atoms with Crippen molar-refractivity contribution in [2.75, 3.05) is 13.7 Å². The Labute approximate surface area is 147 Å². The standard InChI is InChI=1S/C19H25NO5/c1-11(15-9-12-6-7-13(15)8-12)20-17(21)10-25-19(23)14-4-3-5-16(24-2)18(14)22/h3-5,11-13,15,22H,6-10H2,1-2H3,(H,20,21). The lowest BCUT2D eigenvalue weighted by molar-refractivity contribution is -0.125. The number of rotatable bonds is 6. The molecule has 2 N–H and O–H groups in total. The van der Waals surface area contributed by atoms with E-state index in [9.17, 15) is 14.7 Å². The van der Waals surface area contributed by atoms with E-state index in [4.69, 9.17) is 9.47 Å². The van der Waals surface area contributed by atoms with Gasteiger partial charge in [-0.3, -0.25) is 4.79 Å². The highest BCUT2D eigenvalue weighted by atomic mass is 16.5. The number of hydrogen-bond acceptors (Lipinski definition) is 5. The molecule has 2 aliphatic carbocycles. The molecule has 0 heterocycles. The molecule has 1 amide bonds. The van der Waals surface area contributed by atoms with E-state index in [2.05, 4.69) is 5.32 Å². The number of ether oxygens (including phenoxy) is 2. The van der Waals surface area contributed by atoms with Gasteiger partial charge in [0.25, 0.3) is 5.91 Å². The van der Waals surface area contributed by atoms with Gasteiger partial charge in [0.2, 0.25) is 0 Å². The number of phenols is 1. The van der Waals surface area contributed by atoms with E-state index in [1.807, 2.05) is 6.92 Å². The molecule has 0 radical (unpaired) electrons. The molecule has 2 bridgehead atoms. The van der Waals surface area contributed by atoms with Gasteiger partial charge in [0, 0.05) is 6.04 Å². The summed E-state index contributed by atoms with van der Waals surface area (Å²) < 4.78 is 9.99. The molecule has 2 aliphatic rings. The Kier molecular flexibility index (Phi) is 5.16. The minimum Gasteiger partial charge on any atom is -0.504 e. The SMILES string of the molecule is COc1cccc(C(=O)OCC(=O)NC(C)C2CC3CCC2C3)c1O. The third kappa shape index (κ3) is 3.72. The average molecular weight is 347 g/mol. The van der Waals surface area contributed by atoms with Gasteiger partial charge in [0.05, 0.1) is 7.11 Å². The van der Waals surface area contributed by atoms with Crippen molar-refractivity contribution in [3.63, 3.8) is 0 Å². The van der Waals surface area contributed by atoms with Crippen LogP contribution in [0.15, 0.2) is 18.2 Å². The second-order valence-corrected chi connectivity index (χ2v) is 7.13. The van der Waals surface area contributed by atoms with Crippen LogP contribution in [0.1, 0.15) is 43.0 Å². The number of nitrogens with one attached hydrogen (secondary N) is 1. The fourth-order valence-electron chi connectivity index (χ4n) is 4.37. The van der Waals surface area contributed by atoms with Crippen molar-refractivity contribution < 1.29 is 24.2 Å². The lowest BCUT2D eigenvalue weighted by Gasteiger charge is -2.28. The fourth-order valence-corrected chi connectivity index (χ4v) is 4.37. The molecule has 136 valence electrons. The van der Waals surface area contributed by atoms with Crippen molar-refractivity contribution in [3.05, 3.63) is 23.8 Å². The maximum absolute atomic E-state index is 12.1. The number of methoxy groups -OCH3 is 1. The zero-order valence-electron chi connectivity index (χ0n) is 14.7. The van der Waals surface area contributed by atoms with Crippen LogP contribution >= 0.6 is 0 Å². The number of aromatic hydroxyl groups is 1. The van der Waals surface area contributed by atoms with Gasteiger partial charge in [-0.2, -0.15) is 0 Å². The first-order valence-electron chi connectivity index (χ1n) is 8.82. The normalized spacial score (nSPS) is 25.4. The predicted molar refractivity (Wildman–Crippen MR) is 91.5 cm³/mol. The number of hydrogen-bond donors (Lipinski definition) is 2. The summed E-state index contributed by atoms with van der Waals surface area (Å²) in [7, 11) is 1.40. The number of fused-ring (bicyclic) bond motifs is 2. The molecule has 0 saturated heterocycles. The van der Waals surface area contributed by atoms with Crippen LogP contribution in [0.25, 0.3) is 0 Å². The summed E-state index contributed by atoms with van der Waals surface area (Å²) in [6.45, 7) is 1.67. The second-order valence-electron chi connectivity index (χ2n) is 7.13. The topological polar surface area (TPSA) is 84.9 Å². The summed E-state index contributed by atoms with van der Waals surface area (Å²) >= 11 is 0. The predicted octanol–water partition coefficient (Wildman–Crippen LogP) is 2.50. The third-order valence-electron chi connectivity index (χ3n) is 5.60. The lowest BCUT2D eigenvalue weighted by atomic mass is 9.84. The van der Waals surface area contributed by atoms with Gasteiger partial charge in [-0.25, -0.2) is 4.79 Å². The molecule has 0 aromatic heterocycles. The number of phenolic OH excluding ortho intramolecular Hbond substituents is 1. The number of carbonyl (C=O) groups excluding carboxylic acids is 2. The molecule has 25 heavy (non-hydrogen) atoms. The van der Waals surface area contributed by atoms with Crippen LogP contribution in [0, 0.1) is 17.8 Å². The van der Waals surface area contributed by atoms with Crippen molar-refractivity contribution >= 4 is 11.9 Å². The molecule has 6 nitrogen and oxygen atoms in total. The van der Waals surface area contributed by atoms with Gasteiger partial charge in [0.15, 0.2) is 18.1 Å². The van der Waals surface area contributed by atoms with Crippen LogP contribution < -0.4 is 10.1 Å². The largest absolute Gasteiger partial charge is 0.504 e. The number of amides is 1. The second kappa shape index (κ2) is 7.33. The quantitative estimate of drug-likeness (QED) is 0.773. The van der Waals surface area contributed by atoms with Crippen molar-refractivity contribution in [2.24, 2.45) is 17.8 Å². The van der Waals surface area contributed by atoms with Crippen LogP contribution in [0.3, 0.4) is 0 Å². The Morgan fingerprint density at radius 1 is 1.32 bits per heavy atom. The molecule has 6 heteroatoms. The summed E-state index contributed by atoms with van der Waals surface area (Å²) in [5, 5.41) is 12.9. The molecule has 2 saturated carbocycles. The molecule has 0 aliphatic heterocycles. The Morgan fingerprint density at radius 3 is 2.76 bits per heavy atom. The molecular formula is C19H25NO5. The molecular weight excluding hydrogens is 322 g/mol.